The van der Waals surface area contributed by atoms with Crippen LogP contribution in [0.4, 0.5) is 16.2 Å². The number of nitrogens with zero attached hydrogens (tertiary/aromatic N) is 2. The fraction of sp³-hybridized carbons (Fsp3) is 0.526. The van der Waals surface area contributed by atoms with Crippen molar-refractivity contribution in [3.63, 3.8) is 0 Å². The minimum absolute atomic E-state index is 0.0153. The van der Waals surface area contributed by atoms with E-state index in [1.807, 2.05) is 0 Å². The monoisotopic (exact) mass is 563 g/mol. The third-order valence-electron chi connectivity index (χ3n) is 3.93. The number of non-ortho nitro benzene ring substituents is 1. The summed E-state index contributed by atoms with van der Waals surface area (Å²) in [6, 6.07) is 1.03. The molecule has 0 aliphatic carbocycles. The van der Waals surface area contributed by atoms with Crippen LogP contribution in [0.1, 0.15) is 33.3 Å². The lowest BCUT2D eigenvalue weighted by Gasteiger charge is -2.23. The largest absolute Gasteiger partial charge is 0.444 e. The normalized spacial score (nSPS) is 11.8. The first-order valence-electron chi connectivity index (χ1n) is 9.92. The number of carbonyl (C=O) groups excluding carboxylic acids is 3. The summed E-state index contributed by atoms with van der Waals surface area (Å²) in [7, 11) is 0. The maximum atomic E-state index is 12.7. The van der Waals surface area contributed by atoms with E-state index in [4.69, 9.17) is 4.74 Å². The molecular weight excluding hydrogens is 538 g/mol. The highest BCUT2D eigenvalue weighted by Gasteiger charge is 2.25. The van der Waals surface area contributed by atoms with E-state index >= 15 is 0 Å². The Morgan fingerprint density at radius 1 is 1.15 bits per heavy atom. The lowest BCUT2D eigenvalue weighted by atomic mass is 10.1. The maximum Gasteiger partial charge on any atom is 0.408 e. The van der Waals surface area contributed by atoms with E-state index in [1.54, 1.807) is 20.8 Å². The van der Waals surface area contributed by atoms with Gasteiger partial charge in [-0.1, -0.05) is 0 Å². The molecule has 0 saturated carbocycles. The van der Waals surface area contributed by atoms with Crippen molar-refractivity contribution in [2.75, 3.05) is 18.2 Å². The summed E-state index contributed by atoms with van der Waals surface area (Å²) in [5.74, 6) is -0.459. The lowest BCUT2D eigenvalue weighted by Crippen LogP contribution is -2.50. The molecule has 0 saturated heterocycles. The van der Waals surface area contributed by atoms with Gasteiger partial charge in [0, 0.05) is 25.3 Å². The van der Waals surface area contributed by atoms with Crippen molar-refractivity contribution in [1.82, 2.24) is 16.0 Å². The Bertz CT molecular complexity index is 953. The van der Waals surface area contributed by atoms with Crippen LogP contribution in [0.15, 0.2) is 16.6 Å². The summed E-state index contributed by atoms with van der Waals surface area (Å²) in [6.07, 6.45) is -0.752. The number of amides is 3. The standard InChI is InChI=1S/C19H26BrN5O8S/c1-11(26)22-10-34-9-14(23-18(28)33-19(2,3)4)17(27)21-6-5-12-7-13(24(29)30)8-15(16(12)20)25(31)32/h7-8,14H,5-6,9-10H2,1-4H3,(H,21,27)(H,22,26)(H,23,28)/t14-/m0/s1. The first kappa shape index (κ1) is 29.1. The Hall–Kier alpha value is -2.94. The summed E-state index contributed by atoms with van der Waals surface area (Å²) in [6.45, 7) is 6.34. The first-order chi connectivity index (χ1) is 15.7. The Labute approximate surface area is 208 Å². The minimum atomic E-state index is -1.00. The number of hydrogen-bond acceptors (Lipinski definition) is 9. The van der Waals surface area contributed by atoms with Gasteiger partial charge in [-0.05, 0) is 48.7 Å². The zero-order chi connectivity index (χ0) is 26.1. The van der Waals surface area contributed by atoms with Gasteiger partial charge in [0.15, 0.2) is 0 Å². The average molecular weight is 564 g/mol. The van der Waals surface area contributed by atoms with Gasteiger partial charge in [-0.2, -0.15) is 0 Å². The molecule has 34 heavy (non-hydrogen) atoms. The Morgan fingerprint density at radius 3 is 2.32 bits per heavy atom. The molecule has 1 aromatic carbocycles. The van der Waals surface area contributed by atoms with Gasteiger partial charge in [0.25, 0.3) is 11.4 Å². The number of carbonyl (C=O) groups is 3. The fourth-order valence-electron chi connectivity index (χ4n) is 2.48. The number of rotatable bonds is 11. The molecule has 1 atom stereocenters. The van der Waals surface area contributed by atoms with Gasteiger partial charge >= 0.3 is 6.09 Å². The van der Waals surface area contributed by atoms with Gasteiger partial charge in [0.1, 0.15) is 11.6 Å². The number of halogens is 1. The molecule has 188 valence electrons. The topological polar surface area (TPSA) is 183 Å². The number of ether oxygens (including phenoxy) is 1. The Morgan fingerprint density at radius 2 is 1.79 bits per heavy atom. The van der Waals surface area contributed by atoms with E-state index in [9.17, 15) is 34.6 Å². The number of alkyl carbamates (subject to hydrolysis) is 1. The molecule has 1 rings (SSSR count). The van der Waals surface area contributed by atoms with E-state index in [2.05, 4.69) is 31.9 Å². The van der Waals surface area contributed by atoms with Crippen molar-refractivity contribution < 1.29 is 29.0 Å². The van der Waals surface area contributed by atoms with Crippen molar-refractivity contribution in [3.8, 4) is 0 Å². The van der Waals surface area contributed by atoms with Gasteiger partial charge < -0.3 is 20.7 Å². The van der Waals surface area contributed by atoms with E-state index in [-0.39, 0.29) is 40.5 Å². The van der Waals surface area contributed by atoms with Crippen LogP contribution in [-0.2, 0) is 20.7 Å². The molecule has 0 aliphatic heterocycles. The molecule has 15 heteroatoms. The second kappa shape index (κ2) is 13.1. The van der Waals surface area contributed by atoms with Crippen LogP contribution in [0.25, 0.3) is 0 Å². The van der Waals surface area contributed by atoms with E-state index in [1.165, 1.54) is 24.8 Å². The number of nitrogens with one attached hydrogen (secondary N) is 3. The Kier molecular flexibility index (Phi) is 11.2. The van der Waals surface area contributed by atoms with Crippen molar-refractivity contribution >= 4 is 57.0 Å². The minimum Gasteiger partial charge on any atom is -0.444 e. The summed E-state index contributed by atoms with van der Waals surface area (Å²) >= 11 is 4.29. The molecule has 1 aromatic rings. The molecular formula is C19H26BrN5O8S. The second-order valence-corrected chi connectivity index (χ2v) is 9.76. The number of nitro groups is 2. The van der Waals surface area contributed by atoms with Gasteiger partial charge in [-0.3, -0.25) is 29.8 Å². The number of thioether (sulfide) groups is 1. The molecule has 0 heterocycles. The predicted molar refractivity (Wildman–Crippen MR) is 128 cm³/mol. The Balaban J connectivity index is 2.87. The lowest BCUT2D eigenvalue weighted by molar-refractivity contribution is -0.394. The van der Waals surface area contributed by atoms with Crippen molar-refractivity contribution in [1.29, 1.82) is 0 Å². The van der Waals surface area contributed by atoms with Crippen molar-refractivity contribution in [3.05, 3.63) is 42.4 Å². The van der Waals surface area contributed by atoms with E-state index in [0.717, 1.165) is 6.07 Å². The average Bonchev–Trinajstić information content (AvgIpc) is 2.69. The number of benzene rings is 1. The smallest absolute Gasteiger partial charge is 0.408 e. The molecule has 0 aromatic heterocycles. The van der Waals surface area contributed by atoms with Crippen LogP contribution < -0.4 is 16.0 Å². The molecule has 0 spiro atoms. The zero-order valence-electron chi connectivity index (χ0n) is 19.0. The maximum absolute atomic E-state index is 12.7. The summed E-state index contributed by atoms with van der Waals surface area (Å²) in [4.78, 5) is 56.6. The van der Waals surface area contributed by atoms with Crippen molar-refractivity contribution in [2.24, 2.45) is 0 Å². The predicted octanol–water partition coefficient (Wildman–Crippen LogP) is 2.64. The van der Waals surface area contributed by atoms with Gasteiger partial charge in [0.2, 0.25) is 11.8 Å². The first-order valence-corrected chi connectivity index (χ1v) is 11.9. The molecule has 3 amide bonds. The quantitative estimate of drug-likeness (QED) is 0.157. The fourth-order valence-corrected chi connectivity index (χ4v) is 3.94. The summed E-state index contributed by atoms with van der Waals surface area (Å²) in [5.41, 5.74) is -1.43. The van der Waals surface area contributed by atoms with Crippen LogP contribution in [0.5, 0.6) is 0 Å². The molecule has 13 nitrogen and oxygen atoms in total. The molecule has 0 bridgehead atoms. The van der Waals surface area contributed by atoms with Gasteiger partial charge in [0.05, 0.1) is 26.3 Å². The zero-order valence-corrected chi connectivity index (χ0v) is 21.4. The number of nitro benzene ring substituents is 2. The van der Waals surface area contributed by atoms with E-state index in [0.29, 0.717) is 0 Å². The SMILES string of the molecule is CC(=O)NCSC[C@H](NC(=O)OC(C)(C)C)C(=O)NCCc1cc([N+](=O)[O-])cc([N+](=O)[O-])c1Br. The number of hydrogen-bond donors (Lipinski definition) is 3. The highest BCUT2D eigenvalue weighted by atomic mass is 79.9. The third kappa shape index (κ3) is 10.3. The van der Waals surface area contributed by atoms with Crippen molar-refractivity contribution in [2.45, 2.75) is 45.8 Å². The molecule has 0 fully saturated rings. The molecule has 0 aliphatic rings. The summed E-state index contributed by atoms with van der Waals surface area (Å²) in [5, 5.41) is 29.9. The van der Waals surface area contributed by atoms with Crippen LogP contribution in [0.3, 0.4) is 0 Å². The van der Waals surface area contributed by atoms with Crippen LogP contribution in [0.2, 0.25) is 0 Å². The second-order valence-electron chi connectivity index (χ2n) is 7.94. The molecule has 0 radical (unpaired) electrons. The van der Waals surface area contributed by atoms with Crippen LogP contribution >= 0.6 is 27.7 Å². The van der Waals surface area contributed by atoms with Crippen LogP contribution in [0, 0.1) is 20.2 Å². The third-order valence-corrected chi connectivity index (χ3v) is 5.76. The summed E-state index contributed by atoms with van der Waals surface area (Å²) < 4.78 is 5.26. The highest BCUT2D eigenvalue weighted by molar-refractivity contribution is 9.10. The van der Waals surface area contributed by atoms with Gasteiger partial charge in [-0.15, -0.1) is 11.8 Å². The highest BCUT2D eigenvalue weighted by Crippen LogP contribution is 2.33. The molecule has 0 unspecified atom stereocenters. The van der Waals surface area contributed by atoms with Crippen LogP contribution in [-0.4, -0.2) is 57.6 Å². The molecule has 3 N–H and O–H groups in total. The van der Waals surface area contributed by atoms with E-state index < -0.39 is 44.9 Å². The van der Waals surface area contributed by atoms with Gasteiger partial charge in [-0.25, -0.2) is 4.79 Å².